The Morgan fingerprint density at radius 1 is 1.41 bits per heavy atom. The smallest absolute Gasteiger partial charge is 0.273 e. The molecule has 1 amide bonds. The van der Waals surface area contributed by atoms with Crippen LogP contribution >= 0.6 is 0 Å². The van der Waals surface area contributed by atoms with Crippen LogP contribution in [0.25, 0.3) is 17.5 Å². The van der Waals surface area contributed by atoms with E-state index >= 15 is 0 Å². The number of rotatable bonds is 5. The number of aryl methyl sites for hydroxylation is 1. The molecule has 0 atom stereocenters. The Balaban J connectivity index is 1.59. The van der Waals surface area contributed by atoms with E-state index in [1.54, 1.807) is 6.20 Å². The van der Waals surface area contributed by atoms with Crippen LogP contribution in [0, 0.1) is 6.92 Å². The fraction of sp³-hybridized carbons (Fsp3) is 0.263. The van der Waals surface area contributed by atoms with Crippen molar-refractivity contribution >= 4 is 17.7 Å². The molecule has 1 aliphatic rings. The number of hydrogen-bond donors (Lipinski definition) is 2. The van der Waals surface area contributed by atoms with Crippen molar-refractivity contribution in [3.63, 3.8) is 0 Å². The average molecular weight is 364 g/mol. The van der Waals surface area contributed by atoms with Crippen molar-refractivity contribution in [3.8, 4) is 11.4 Å². The minimum Gasteiger partial charge on any atom is -0.339 e. The van der Waals surface area contributed by atoms with E-state index in [1.807, 2.05) is 35.8 Å². The maximum atomic E-state index is 12.8. The Bertz CT molecular complexity index is 1020. The van der Waals surface area contributed by atoms with E-state index in [-0.39, 0.29) is 5.91 Å². The molecular weight excluding hydrogens is 344 g/mol. The van der Waals surface area contributed by atoms with E-state index in [0.29, 0.717) is 36.1 Å². The molecule has 0 saturated heterocycles. The quantitative estimate of drug-likeness (QED) is 0.719. The molecule has 4 rings (SSSR count). The van der Waals surface area contributed by atoms with Crippen LogP contribution in [0.5, 0.6) is 0 Å². The number of nitrogens with two attached hydrogens (primary N) is 1. The van der Waals surface area contributed by atoms with E-state index in [0.717, 1.165) is 29.9 Å². The highest BCUT2D eigenvalue weighted by molar-refractivity contribution is 6.04. The van der Waals surface area contributed by atoms with Gasteiger partial charge in [-0.25, -0.2) is 4.98 Å². The molecule has 138 valence electrons. The van der Waals surface area contributed by atoms with E-state index in [1.165, 1.54) is 0 Å². The number of aromatic nitrogens is 4. The van der Waals surface area contributed by atoms with Gasteiger partial charge in [0.2, 0.25) is 11.7 Å². The number of carbonyl (C=O) groups is 1. The number of imidazole rings is 1. The van der Waals surface area contributed by atoms with Crippen molar-refractivity contribution in [1.82, 2.24) is 19.7 Å². The van der Waals surface area contributed by atoms with Crippen molar-refractivity contribution in [3.05, 3.63) is 53.4 Å². The minimum atomic E-state index is -0.193. The molecular formula is C19H20N6O2. The first-order valence-corrected chi connectivity index (χ1v) is 8.83. The number of fused-ring (bicyclic) bond motifs is 1. The highest BCUT2D eigenvalue weighted by Gasteiger charge is 2.18. The zero-order valence-corrected chi connectivity index (χ0v) is 15.0. The lowest BCUT2D eigenvalue weighted by Gasteiger charge is -2.13. The van der Waals surface area contributed by atoms with Crippen LogP contribution in [0.15, 0.2) is 35.0 Å². The number of anilines is 1. The zero-order chi connectivity index (χ0) is 18.8. The lowest BCUT2D eigenvalue weighted by molar-refractivity contribution is 0.101. The normalized spacial score (nSPS) is 12.8. The van der Waals surface area contributed by atoms with Crippen molar-refractivity contribution in [2.24, 2.45) is 5.73 Å². The predicted molar refractivity (Wildman–Crippen MR) is 101 cm³/mol. The highest BCUT2D eigenvalue weighted by Crippen LogP contribution is 2.24. The summed E-state index contributed by atoms with van der Waals surface area (Å²) in [5.74, 6) is 1.58. The Hall–Kier alpha value is -3.26. The standard InChI is InChI=1S/C19H20N6O2/c1-12-5-6-13(18-23-17(7-8-20)27-24-18)10-14(12)22-19(26)15-11-21-16-4-2-3-9-25(15)16/h2,4-6,10-11H,3,7-9,20H2,1H3,(H,22,26). The second-order valence-electron chi connectivity index (χ2n) is 6.38. The van der Waals surface area contributed by atoms with Crippen molar-refractivity contribution < 1.29 is 9.32 Å². The van der Waals surface area contributed by atoms with Crippen molar-refractivity contribution in [2.45, 2.75) is 26.3 Å². The molecule has 27 heavy (non-hydrogen) atoms. The number of nitrogens with zero attached hydrogens (tertiary/aromatic N) is 4. The molecule has 0 fully saturated rings. The van der Waals surface area contributed by atoms with Gasteiger partial charge in [-0.2, -0.15) is 4.98 Å². The second kappa shape index (κ2) is 7.16. The Morgan fingerprint density at radius 2 is 2.30 bits per heavy atom. The molecule has 0 spiro atoms. The SMILES string of the molecule is Cc1ccc(-c2noc(CCN)n2)cc1NC(=O)c1cnc2n1CCC=C2. The molecule has 2 aromatic heterocycles. The zero-order valence-electron chi connectivity index (χ0n) is 15.0. The van der Waals surface area contributed by atoms with Gasteiger partial charge in [0.15, 0.2) is 0 Å². The Kier molecular flexibility index (Phi) is 4.55. The van der Waals surface area contributed by atoms with Crippen LogP contribution in [0.4, 0.5) is 5.69 Å². The van der Waals surface area contributed by atoms with E-state index in [9.17, 15) is 4.79 Å². The van der Waals surface area contributed by atoms with Gasteiger partial charge in [-0.05, 0) is 31.1 Å². The summed E-state index contributed by atoms with van der Waals surface area (Å²) >= 11 is 0. The molecule has 1 aliphatic heterocycles. The summed E-state index contributed by atoms with van der Waals surface area (Å²) in [7, 11) is 0. The van der Waals surface area contributed by atoms with Gasteiger partial charge in [-0.15, -0.1) is 0 Å². The highest BCUT2D eigenvalue weighted by atomic mass is 16.5. The third-order valence-corrected chi connectivity index (χ3v) is 4.48. The van der Waals surface area contributed by atoms with E-state index < -0.39 is 0 Å². The van der Waals surface area contributed by atoms with Crippen molar-refractivity contribution in [2.75, 3.05) is 11.9 Å². The number of benzene rings is 1. The van der Waals surface area contributed by atoms with E-state index in [2.05, 4.69) is 26.5 Å². The molecule has 0 aliphatic carbocycles. The van der Waals surface area contributed by atoms with Crippen LogP contribution in [0.2, 0.25) is 0 Å². The monoisotopic (exact) mass is 364 g/mol. The second-order valence-corrected chi connectivity index (χ2v) is 6.38. The largest absolute Gasteiger partial charge is 0.339 e. The number of amides is 1. The van der Waals surface area contributed by atoms with Gasteiger partial charge in [-0.3, -0.25) is 4.79 Å². The van der Waals surface area contributed by atoms with Gasteiger partial charge >= 0.3 is 0 Å². The molecule has 8 nitrogen and oxygen atoms in total. The molecule has 0 radical (unpaired) electrons. The number of nitrogens with one attached hydrogen (secondary N) is 1. The van der Waals surface area contributed by atoms with Crippen LogP contribution < -0.4 is 11.1 Å². The Labute approximate surface area is 156 Å². The third-order valence-electron chi connectivity index (χ3n) is 4.48. The van der Waals surface area contributed by atoms with Crippen LogP contribution in [-0.2, 0) is 13.0 Å². The first kappa shape index (κ1) is 17.2. The van der Waals surface area contributed by atoms with Crippen molar-refractivity contribution in [1.29, 1.82) is 0 Å². The van der Waals surface area contributed by atoms with Crippen LogP contribution in [0.3, 0.4) is 0 Å². The molecule has 3 heterocycles. The summed E-state index contributed by atoms with van der Waals surface area (Å²) in [6.45, 7) is 3.13. The summed E-state index contributed by atoms with van der Waals surface area (Å²) in [5, 5.41) is 6.96. The fourth-order valence-electron chi connectivity index (χ4n) is 3.01. The maximum Gasteiger partial charge on any atom is 0.273 e. The molecule has 3 N–H and O–H groups in total. The third kappa shape index (κ3) is 3.39. The van der Waals surface area contributed by atoms with Gasteiger partial charge < -0.3 is 20.1 Å². The topological polar surface area (TPSA) is 112 Å². The van der Waals surface area contributed by atoms with Gasteiger partial charge in [0.1, 0.15) is 11.5 Å². The lowest BCUT2D eigenvalue weighted by atomic mass is 10.1. The maximum absolute atomic E-state index is 12.8. The molecule has 3 aromatic rings. The number of allylic oxidation sites excluding steroid dienone is 1. The average Bonchev–Trinajstić information content (AvgIpc) is 3.31. The predicted octanol–water partition coefficient (Wildman–Crippen LogP) is 2.41. The van der Waals surface area contributed by atoms with Gasteiger partial charge in [-0.1, -0.05) is 23.4 Å². The molecule has 8 heteroatoms. The summed E-state index contributed by atoms with van der Waals surface area (Å²) in [5.41, 5.74) is 8.47. The van der Waals surface area contributed by atoms with Crippen LogP contribution in [-0.4, -0.2) is 32.1 Å². The van der Waals surface area contributed by atoms with Crippen LogP contribution in [0.1, 0.15) is 34.2 Å². The molecule has 0 unspecified atom stereocenters. The molecule has 0 bridgehead atoms. The fourth-order valence-corrected chi connectivity index (χ4v) is 3.01. The molecule has 1 aromatic carbocycles. The van der Waals surface area contributed by atoms with E-state index in [4.69, 9.17) is 10.3 Å². The first-order chi connectivity index (χ1) is 13.2. The van der Waals surface area contributed by atoms with Gasteiger partial charge in [0.25, 0.3) is 5.91 Å². The first-order valence-electron chi connectivity index (χ1n) is 8.83. The molecule has 0 saturated carbocycles. The minimum absolute atomic E-state index is 0.193. The summed E-state index contributed by atoms with van der Waals surface area (Å²) < 4.78 is 7.11. The summed E-state index contributed by atoms with van der Waals surface area (Å²) in [4.78, 5) is 21.4. The number of carbonyl (C=O) groups excluding carboxylic acids is 1. The van der Waals surface area contributed by atoms with Gasteiger partial charge in [0.05, 0.1) is 6.20 Å². The Morgan fingerprint density at radius 3 is 3.15 bits per heavy atom. The van der Waals surface area contributed by atoms with Gasteiger partial charge in [0, 0.05) is 30.8 Å². The number of hydrogen-bond acceptors (Lipinski definition) is 6. The summed E-state index contributed by atoms with van der Waals surface area (Å²) in [6.07, 6.45) is 7.02. The summed E-state index contributed by atoms with van der Waals surface area (Å²) in [6, 6.07) is 5.66. The lowest BCUT2D eigenvalue weighted by Crippen LogP contribution is -2.19.